The summed E-state index contributed by atoms with van der Waals surface area (Å²) in [6, 6.07) is 5.94. The number of anilines is 3. The van der Waals surface area contributed by atoms with Crippen LogP contribution in [-0.2, 0) is 0 Å². The molecule has 9 heteroatoms. The highest BCUT2D eigenvalue weighted by molar-refractivity contribution is 6.31. The van der Waals surface area contributed by atoms with Gasteiger partial charge in [0.1, 0.15) is 11.5 Å². The molecule has 3 rings (SSSR count). The largest absolute Gasteiger partial charge is 0.394 e. The summed E-state index contributed by atoms with van der Waals surface area (Å²) in [4.78, 5) is 19.8. The van der Waals surface area contributed by atoms with Gasteiger partial charge in [0.15, 0.2) is 0 Å². The monoisotopic (exact) mass is 391 g/mol. The smallest absolute Gasteiger partial charge is 0.292 e. The second kappa shape index (κ2) is 8.06. The molecule has 1 atom stereocenters. The van der Waals surface area contributed by atoms with Crippen LogP contribution < -0.4 is 10.6 Å². The molecule has 0 bridgehead atoms. The molecular formula is C18H22ClN5O3. The second-order valence-electron chi connectivity index (χ2n) is 7.00. The summed E-state index contributed by atoms with van der Waals surface area (Å²) in [5.74, 6) is 1.39. The number of aliphatic hydroxyl groups is 1. The van der Waals surface area contributed by atoms with E-state index < -0.39 is 4.92 Å². The van der Waals surface area contributed by atoms with Crippen LogP contribution in [0, 0.1) is 16.0 Å². The van der Waals surface area contributed by atoms with Crippen LogP contribution in [0.15, 0.2) is 24.3 Å². The molecular weight excluding hydrogens is 370 g/mol. The van der Waals surface area contributed by atoms with Gasteiger partial charge in [-0.25, -0.2) is 4.98 Å². The van der Waals surface area contributed by atoms with Gasteiger partial charge in [0.2, 0.25) is 5.95 Å². The maximum atomic E-state index is 11.3. The van der Waals surface area contributed by atoms with Crippen molar-refractivity contribution in [2.24, 2.45) is 5.92 Å². The summed E-state index contributed by atoms with van der Waals surface area (Å²) < 4.78 is 0. The van der Waals surface area contributed by atoms with E-state index in [-0.39, 0.29) is 29.9 Å². The number of nitro groups is 1. The molecule has 0 spiro atoms. The van der Waals surface area contributed by atoms with Crippen LogP contribution in [-0.4, -0.2) is 32.6 Å². The first kappa shape index (κ1) is 19.3. The van der Waals surface area contributed by atoms with Crippen LogP contribution in [0.2, 0.25) is 5.02 Å². The molecule has 144 valence electrons. The van der Waals surface area contributed by atoms with E-state index in [2.05, 4.69) is 20.6 Å². The number of nitrogens with one attached hydrogen (secondary N) is 2. The molecule has 1 aliphatic rings. The van der Waals surface area contributed by atoms with Gasteiger partial charge in [0.05, 0.1) is 23.3 Å². The summed E-state index contributed by atoms with van der Waals surface area (Å²) in [7, 11) is 0. The van der Waals surface area contributed by atoms with Gasteiger partial charge in [-0.2, -0.15) is 4.98 Å². The number of benzene rings is 1. The molecule has 0 saturated heterocycles. The van der Waals surface area contributed by atoms with Gasteiger partial charge in [0, 0.05) is 23.1 Å². The minimum Gasteiger partial charge on any atom is -0.394 e. The molecule has 8 nitrogen and oxygen atoms in total. The predicted octanol–water partition coefficient (Wildman–Crippen LogP) is 4.09. The molecule has 1 aliphatic carbocycles. The van der Waals surface area contributed by atoms with E-state index in [1.54, 1.807) is 6.07 Å². The Morgan fingerprint density at radius 2 is 2.07 bits per heavy atom. The van der Waals surface area contributed by atoms with Gasteiger partial charge in [0.25, 0.3) is 5.69 Å². The van der Waals surface area contributed by atoms with E-state index in [0.29, 0.717) is 22.7 Å². The highest BCUT2D eigenvalue weighted by atomic mass is 35.5. The summed E-state index contributed by atoms with van der Waals surface area (Å²) in [5, 5.41) is 27.4. The number of hydrogen-bond donors (Lipinski definition) is 3. The van der Waals surface area contributed by atoms with Crippen LogP contribution >= 0.6 is 11.6 Å². The quantitative estimate of drug-likeness (QED) is 0.458. The first-order valence-electron chi connectivity index (χ1n) is 8.84. The van der Waals surface area contributed by atoms with Crippen molar-refractivity contribution in [2.75, 3.05) is 17.2 Å². The zero-order valence-electron chi connectivity index (χ0n) is 15.1. The average molecular weight is 392 g/mol. The van der Waals surface area contributed by atoms with Crippen LogP contribution in [0.3, 0.4) is 0 Å². The van der Waals surface area contributed by atoms with E-state index in [9.17, 15) is 15.2 Å². The molecule has 2 aromatic rings. The van der Waals surface area contributed by atoms with Gasteiger partial charge in [-0.05, 0) is 30.9 Å². The number of rotatable bonds is 8. The molecule has 0 aliphatic heterocycles. The van der Waals surface area contributed by atoms with Crippen molar-refractivity contribution < 1.29 is 10.0 Å². The van der Waals surface area contributed by atoms with Crippen LogP contribution in [0.4, 0.5) is 23.1 Å². The highest BCUT2D eigenvalue weighted by Gasteiger charge is 2.27. The number of halogens is 1. The molecule has 0 unspecified atom stereocenters. The first-order chi connectivity index (χ1) is 12.9. The molecule has 1 aromatic heterocycles. The van der Waals surface area contributed by atoms with Crippen LogP contribution in [0.5, 0.6) is 0 Å². The number of hydrogen-bond acceptors (Lipinski definition) is 7. The van der Waals surface area contributed by atoms with Gasteiger partial charge in [-0.3, -0.25) is 10.1 Å². The number of nitro benzene ring substituents is 1. The Morgan fingerprint density at radius 1 is 1.33 bits per heavy atom. The molecule has 1 aromatic carbocycles. The Hall–Kier alpha value is -2.45. The first-order valence-corrected chi connectivity index (χ1v) is 9.22. The lowest BCUT2D eigenvalue weighted by Crippen LogP contribution is -2.30. The maximum absolute atomic E-state index is 11.3. The molecule has 3 N–H and O–H groups in total. The fourth-order valence-electron chi connectivity index (χ4n) is 2.68. The summed E-state index contributed by atoms with van der Waals surface area (Å²) in [6.07, 6.45) is 2.11. The van der Waals surface area contributed by atoms with Gasteiger partial charge in [-0.1, -0.05) is 25.4 Å². The fraction of sp³-hybridized carbons (Fsp3) is 0.444. The van der Waals surface area contributed by atoms with Crippen LogP contribution in [0.25, 0.3) is 0 Å². The Labute approximate surface area is 162 Å². The van der Waals surface area contributed by atoms with Crippen molar-refractivity contribution in [2.45, 2.75) is 38.6 Å². The Morgan fingerprint density at radius 3 is 2.67 bits per heavy atom. The Kier molecular flexibility index (Phi) is 5.76. The lowest BCUT2D eigenvalue weighted by Gasteiger charge is -2.20. The zero-order chi connectivity index (χ0) is 19.6. The van der Waals surface area contributed by atoms with Crippen molar-refractivity contribution in [3.8, 4) is 0 Å². The van der Waals surface area contributed by atoms with Crippen molar-refractivity contribution in [1.82, 2.24) is 9.97 Å². The van der Waals surface area contributed by atoms with Gasteiger partial charge >= 0.3 is 0 Å². The van der Waals surface area contributed by atoms with E-state index in [0.717, 1.165) is 18.5 Å². The average Bonchev–Trinajstić information content (AvgIpc) is 3.44. The standard InChI is InChI=1S/C18H22ClN5O3/c1-10(2)15(9-25)22-18-21-13(11-3-4-11)8-17(23-18)20-14-7-12(19)5-6-16(14)24(26)27/h5-8,10-11,15,25H,3-4,9H2,1-2H3,(H2,20,21,22,23)/t15-/m0/s1. The van der Waals surface area contributed by atoms with E-state index in [4.69, 9.17) is 11.6 Å². The van der Waals surface area contributed by atoms with E-state index >= 15 is 0 Å². The van der Waals surface area contributed by atoms with Crippen molar-refractivity contribution in [1.29, 1.82) is 0 Å². The molecule has 1 heterocycles. The highest BCUT2D eigenvalue weighted by Crippen LogP contribution is 2.40. The Bertz CT molecular complexity index is 842. The van der Waals surface area contributed by atoms with Gasteiger partial charge in [-0.15, -0.1) is 0 Å². The minimum absolute atomic E-state index is 0.0444. The molecule has 0 amide bonds. The van der Waals surface area contributed by atoms with E-state index in [1.165, 1.54) is 18.2 Å². The summed E-state index contributed by atoms with van der Waals surface area (Å²) in [6.45, 7) is 3.94. The number of nitrogens with zero attached hydrogens (tertiary/aromatic N) is 3. The number of aliphatic hydroxyl groups excluding tert-OH is 1. The molecule has 1 fully saturated rings. The third-order valence-electron chi connectivity index (χ3n) is 4.48. The SMILES string of the molecule is CC(C)[C@H](CO)Nc1nc(Nc2cc(Cl)ccc2[N+](=O)[O-])cc(C2CC2)n1. The zero-order valence-corrected chi connectivity index (χ0v) is 15.9. The molecule has 0 radical (unpaired) electrons. The topological polar surface area (TPSA) is 113 Å². The van der Waals surface area contributed by atoms with Crippen molar-refractivity contribution >= 4 is 34.7 Å². The lowest BCUT2D eigenvalue weighted by atomic mass is 10.1. The normalized spacial score (nSPS) is 14.9. The van der Waals surface area contributed by atoms with Crippen molar-refractivity contribution in [3.63, 3.8) is 0 Å². The van der Waals surface area contributed by atoms with Crippen LogP contribution in [0.1, 0.15) is 38.3 Å². The summed E-state index contributed by atoms with van der Waals surface area (Å²) in [5.41, 5.74) is 1.05. The maximum Gasteiger partial charge on any atom is 0.292 e. The predicted molar refractivity (Wildman–Crippen MR) is 105 cm³/mol. The van der Waals surface area contributed by atoms with E-state index in [1.807, 2.05) is 13.8 Å². The third kappa shape index (κ3) is 4.84. The third-order valence-corrected chi connectivity index (χ3v) is 4.71. The number of aromatic nitrogens is 2. The second-order valence-corrected chi connectivity index (χ2v) is 7.43. The minimum atomic E-state index is -0.471. The molecule has 1 saturated carbocycles. The fourth-order valence-corrected chi connectivity index (χ4v) is 2.85. The lowest BCUT2D eigenvalue weighted by molar-refractivity contribution is -0.383. The van der Waals surface area contributed by atoms with Crippen molar-refractivity contribution in [3.05, 3.63) is 45.1 Å². The summed E-state index contributed by atoms with van der Waals surface area (Å²) >= 11 is 6.00. The van der Waals surface area contributed by atoms with Gasteiger partial charge < -0.3 is 15.7 Å². The Balaban J connectivity index is 1.93. The molecule has 27 heavy (non-hydrogen) atoms.